The zero-order valence-electron chi connectivity index (χ0n) is 10.9. The van der Waals surface area contributed by atoms with Crippen LogP contribution in [0.25, 0.3) is 0 Å². The minimum absolute atomic E-state index is 0.0163. The number of aryl methyl sites for hydroxylation is 1. The van der Waals surface area contributed by atoms with Crippen LogP contribution in [0.2, 0.25) is 5.02 Å². The maximum Gasteiger partial charge on any atom is 0.242 e. The van der Waals surface area contributed by atoms with Gasteiger partial charge in [0.05, 0.1) is 5.02 Å². The van der Waals surface area contributed by atoms with Crippen LogP contribution in [-0.4, -0.2) is 27.5 Å². The molecule has 6 heteroatoms. The van der Waals surface area contributed by atoms with Gasteiger partial charge in [0.25, 0.3) is 0 Å². The Morgan fingerprint density at radius 2 is 2.11 bits per heavy atom. The van der Waals surface area contributed by atoms with E-state index in [0.717, 1.165) is 37.9 Å². The quantitative estimate of drug-likeness (QED) is 0.898. The lowest BCUT2D eigenvalue weighted by Crippen LogP contribution is -2.35. The molecule has 1 aromatic rings. The van der Waals surface area contributed by atoms with Gasteiger partial charge in [-0.2, -0.15) is 0 Å². The highest BCUT2D eigenvalue weighted by molar-refractivity contribution is 7.89. The van der Waals surface area contributed by atoms with Crippen molar-refractivity contribution in [1.82, 2.24) is 10.0 Å². The molecule has 0 spiro atoms. The fourth-order valence-corrected chi connectivity index (χ4v) is 4.15. The molecule has 1 heterocycles. The van der Waals surface area contributed by atoms with Crippen LogP contribution < -0.4 is 10.0 Å². The molecule has 0 bridgehead atoms. The molecule has 0 amide bonds. The zero-order chi connectivity index (χ0) is 13.9. The maximum atomic E-state index is 12.3. The molecule has 1 unspecified atom stereocenters. The van der Waals surface area contributed by atoms with Crippen LogP contribution in [0.4, 0.5) is 0 Å². The van der Waals surface area contributed by atoms with Gasteiger partial charge >= 0.3 is 0 Å². The van der Waals surface area contributed by atoms with Crippen molar-refractivity contribution in [3.8, 4) is 0 Å². The van der Waals surface area contributed by atoms with Crippen LogP contribution in [0.3, 0.4) is 0 Å². The van der Waals surface area contributed by atoms with Crippen molar-refractivity contribution in [1.29, 1.82) is 0 Å². The van der Waals surface area contributed by atoms with Gasteiger partial charge < -0.3 is 5.32 Å². The summed E-state index contributed by atoms with van der Waals surface area (Å²) in [5.41, 5.74) is 0.947. The van der Waals surface area contributed by atoms with Crippen LogP contribution in [-0.2, 0) is 10.0 Å². The second-order valence-corrected chi connectivity index (χ2v) is 7.02. The third kappa shape index (κ3) is 3.92. The Bertz CT molecular complexity index is 538. The first-order valence-corrected chi connectivity index (χ1v) is 8.34. The van der Waals surface area contributed by atoms with Crippen molar-refractivity contribution >= 4 is 21.6 Å². The molecule has 1 aromatic carbocycles. The molecular weight excluding hydrogens is 284 g/mol. The van der Waals surface area contributed by atoms with Gasteiger partial charge in [-0.05, 0) is 57.0 Å². The summed E-state index contributed by atoms with van der Waals surface area (Å²) in [6.45, 7) is 3.67. The standard InChI is InChI=1S/C13H19ClN2O2S/c1-10-4-5-13(12(14)9-10)19(17,18)16-11-3-2-7-15-8-6-11/h4-5,9,11,15-16H,2-3,6-8H2,1H3. The van der Waals surface area contributed by atoms with E-state index in [1.54, 1.807) is 18.2 Å². The van der Waals surface area contributed by atoms with Crippen LogP contribution in [0.15, 0.2) is 23.1 Å². The maximum absolute atomic E-state index is 12.3. The van der Waals surface area contributed by atoms with Crippen LogP contribution in [0.5, 0.6) is 0 Å². The Labute approximate surface area is 119 Å². The SMILES string of the molecule is Cc1ccc(S(=O)(=O)NC2CCCNCC2)c(Cl)c1. The van der Waals surface area contributed by atoms with E-state index in [1.165, 1.54) is 0 Å². The zero-order valence-corrected chi connectivity index (χ0v) is 12.5. The first kappa shape index (κ1) is 14.8. The molecule has 1 saturated heterocycles. The highest BCUT2D eigenvalue weighted by atomic mass is 35.5. The van der Waals surface area contributed by atoms with Crippen LogP contribution in [0.1, 0.15) is 24.8 Å². The predicted octanol–water partition coefficient (Wildman–Crippen LogP) is 2.07. The molecule has 19 heavy (non-hydrogen) atoms. The van der Waals surface area contributed by atoms with Gasteiger partial charge in [-0.15, -0.1) is 0 Å². The van der Waals surface area contributed by atoms with Gasteiger partial charge in [-0.3, -0.25) is 0 Å². The van der Waals surface area contributed by atoms with Gasteiger partial charge in [0.2, 0.25) is 10.0 Å². The van der Waals surface area contributed by atoms with E-state index in [2.05, 4.69) is 10.0 Å². The molecule has 1 fully saturated rings. The number of benzene rings is 1. The van der Waals surface area contributed by atoms with Crippen molar-refractivity contribution in [2.24, 2.45) is 0 Å². The third-order valence-electron chi connectivity index (χ3n) is 3.27. The molecule has 0 aromatic heterocycles. The number of hydrogen-bond acceptors (Lipinski definition) is 3. The van der Waals surface area contributed by atoms with Crippen LogP contribution >= 0.6 is 11.6 Å². The van der Waals surface area contributed by atoms with E-state index < -0.39 is 10.0 Å². The molecule has 4 nitrogen and oxygen atoms in total. The van der Waals surface area contributed by atoms with Gasteiger partial charge in [-0.25, -0.2) is 13.1 Å². The van der Waals surface area contributed by atoms with E-state index in [1.807, 2.05) is 6.92 Å². The van der Waals surface area contributed by atoms with E-state index in [4.69, 9.17) is 11.6 Å². The predicted molar refractivity (Wildman–Crippen MR) is 77.0 cm³/mol. The molecule has 1 aliphatic heterocycles. The molecule has 1 aliphatic rings. The molecule has 0 radical (unpaired) electrons. The second-order valence-electron chi connectivity index (χ2n) is 4.93. The third-order valence-corrected chi connectivity index (χ3v) is 5.28. The Hall–Kier alpha value is -0.620. The van der Waals surface area contributed by atoms with E-state index in [9.17, 15) is 8.42 Å². The molecule has 0 aliphatic carbocycles. The minimum Gasteiger partial charge on any atom is -0.317 e. The second kappa shape index (κ2) is 6.22. The monoisotopic (exact) mass is 302 g/mol. The first-order chi connectivity index (χ1) is 8.99. The van der Waals surface area contributed by atoms with E-state index >= 15 is 0 Å². The number of nitrogens with one attached hydrogen (secondary N) is 2. The van der Waals surface area contributed by atoms with Crippen LogP contribution in [0, 0.1) is 6.92 Å². The van der Waals surface area contributed by atoms with E-state index in [0.29, 0.717) is 0 Å². The summed E-state index contributed by atoms with van der Waals surface area (Å²) in [5.74, 6) is 0. The minimum atomic E-state index is -3.53. The van der Waals surface area contributed by atoms with Crippen molar-refractivity contribution in [3.63, 3.8) is 0 Å². The lowest BCUT2D eigenvalue weighted by atomic mass is 10.1. The van der Waals surface area contributed by atoms with Crippen molar-refractivity contribution in [2.45, 2.75) is 37.1 Å². The molecule has 2 N–H and O–H groups in total. The summed E-state index contributed by atoms with van der Waals surface area (Å²) in [6.07, 6.45) is 2.65. The van der Waals surface area contributed by atoms with Crippen molar-refractivity contribution in [2.75, 3.05) is 13.1 Å². The molecule has 2 rings (SSSR count). The number of rotatable bonds is 3. The first-order valence-electron chi connectivity index (χ1n) is 6.48. The fourth-order valence-electron chi connectivity index (χ4n) is 2.24. The average molecular weight is 303 g/mol. The number of halogens is 1. The number of hydrogen-bond donors (Lipinski definition) is 2. The van der Waals surface area contributed by atoms with Gasteiger partial charge in [0, 0.05) is 6.04 Å². The molecule has 1 atom stereocenters. The highest BCUT2D eigenvalue weighted by Crippen LogP contribution is 2.23. The Morgan fingerprint density at radius 1 is 1.32 bits per heavy atom. The Kier molecular flexibility index (Phi) is 4.84. The normalized spacial score (nSPS) is 21.1. The summed E-state index contributed by atoms with van der Waals surface area (Å²) >= 11 is 6.03. The summed E-state index contributed by atoms with van der Waals surface area (Å²) in [7, 11) is -3.53. The largest absolute Gasteiger partial charge is 0.317 e. The van der Waals surface area contributed by atoms with Crippen molar-refractivity contribution in [3.05, 3.63) is 28.8 Å². The average Bonchev–Trinajstić information content (AvgIpc) is 2.56. The molecule has 0 saturated carbocycles. The molecular formula is C13H19ClN2O2S. The van der Waals surface area contributed by atoms with Gasteiger partial charge in [0.1, 0.15) is 4.90 Å². The summed E-state index contributed by atoms with van der Waals surface area (Å²) < 4.78 is 27.4. The number of sulfonamides is 1. The highest BCUT2D eigenvalue weighted by Gasteiger charge is 2.23. The summed E-state index contributed by atoms with van der Waals surface area (Å²) in [6, 6.07) is 4.98. The topological polar surface area (TPSA) is 58.2 Å². The van der Waals surface area contributed by atoms with Gasteiger partial charge in [-0.1, -0.05) is 17.7 Å². The summed E-state index contributed by atoms with van der Waals surface area (Å²) in [5, 5.41) is 3.54. The lowest BCUT2D eigenvalue weighted by molar-refractivity contribution is 0.518. The lowest BCUT2D eigenvalue weighted by Gasteiger charge is -2.16. The smallest absolute Gasteiger partial charge is 0.242 e. The van der Waals surface area contributed by atoms with Gasteiger partial charge in [0.15, 0.2) is 0 Å². The Balaban J connectivity index is 2.17. The molecule has 106 valence electrons. The van der Waals surface area contributed by atoms with Crippen molar-refractivity contribution < 1.29 is 8.42 Å². The fraction of sp³-hybridized carbons (Fsp3) is 0.538. The van der Waals surface area contributed by atoms with E-state index in [-0.39, 0.29) is 16.0 Å². The summed E-state index contributed by atoms with van der Waals surface area (Å²) in [4.78, 5) is 0.164. The Morgan fingerprint density at radius 3 is 2.84 bits per heavy atom.